The van der Waals surface area contributed by atoms with Crippen molar-refractivity contribution < 1.29 is 14.3 Å². The van der Waals surface area contributed by atoms with Crippen LogP contribution in [0.3, 0.4) is 0 Å². The Labute approximate surface area is 118 Å². The molecular formula is C16H20FNO2. The summed E-state index contributed by atoms with van der Waals surface area (Å²) in [7, 11) is 0. The highest BCUT2D eigenvalue weighted by Gasteiger charge is 2.44. The van der Waals surface area contributed by atoms with Gasteiger partial charge in [-0.1, -0.05) is 12.1 Å². The van der Waals surface area contributed by atoms with Crippen molar-refractivity contribution in [2.45, 2.75) is 56.7 Å². The van der Waals surface area contributed by atoms with Gasteiger partial charge in [0.15, 0.2) is 0 Å². The molecule has 2 saturated heterocycles. The van der Waals surface area contributed by atoms with Gasteiger partial charge in [-0.05, 0) is 43.9 Å². The molecular weight excluding hydrogens is 257 g/mol. The normalized spacial score (nSPS) is 34.0. The molecule has 1 N–H and O–H groups in total. The Morgan fingerprint density at radius 1 is 1.30 bits per heavy atom. The minimum atomic E-state index is -0.766. The molecule has 1 aromatic carbocycles. The molecule has 4 heteroatoms. The third kappa shape index (κ3) is 2.44. The second-order valence-corrected chi connectivity index (χ2v) is 6.32. The molecule has 20 heavy (non-hydrogen) atoms. The number of halogens is 1. The number of piperidine rings is 2. The van der Waals surface area contributed by atoms with Crippen LogP contribution < -0.4 is 0 Å². The highest BCUT2D eigenvalue weighted by atomic mass is 19.1. The zero-order chi connectivity index (χ0) is 14.3. The van der Waals surface area contributed by atoms with Gasteiger partial charge < -0.3 is 10.0 Å². The second-order valence-electron chi connectivity index (χ2n) is 6.32. The van der Waals surface area contributed by atoms with E-state index in [9.17, 15) is 14.3 Å². The largest absolute Gasteiger partial charge is 0.390 e. The zero-order valence-electron chi connectivity index (χ0n) is 11.7. The number of benzene rings is 1. The summed E-state index contributed by atoms with van der Waals surface area (Å²) in [6, 6.07) is 6.25. The van der Waals surface area contributed by atoms with Crippen LogP contribution in [0.5, 0.6) is 0 Å². The maximum absolute atomic E-state index is 13.1. The van der Waals surface area contributed by atoms with E-state index in [1.165, 1.54) is 12.1 Å². The fourth-order valence-corrected chi connectivity index (χ4v) is 3.66. The van der Waals surface area contributed by atoms with E-state index in [1.54, 1.807) is 12.1 Å². The molecule has 0 spiro atoms. The predicted octanol–water partition coefficient (Wildman–Crippen LogP) is 2.79. The number of nitrogens with zero attached hydrogens (tertiary/aromatic N) is 1. The summed E-state index contributed by atoms with van der Waals surface area (Å²) >= 11 is 0. The van der Waals surface area contributed by atoms with Crippen LogP contribution in [0.1, 0.15) is 50.6 Å². The fourth-order valence-electron chi connectivity index (χ4n) is 3.66. The average Bonchev–Trinajstić information content (AvgIpc) is 2.37. The third-order valence-electron chi connectivity index (χ3n) is 4.51. The molecule has 3 nitrogen and oxygen atoms in total. The van der Waals surface area contributed by atoms with Crippen LogP contribution in [0.15, 0.2) is 24.3 Å². The summed E-state index contributed by atoms with van der Waals surface area (Å²) < 4.78 is 13.1. The molecule has 2 aliphatic heterocycles. The molecule has 2 aliphatic rings. The molecule has 3 unspecified atom stereocenters. The molecule has 0 aliphatic carbocycles. The van der Waals surface area contributed by atoms with Crippen molar-refractivity contribution in [2.75, 3.05) is 0 Å². The minimum Gasteiger partial charge on any atom is -0.390 e. The molecule has 0 radical (unpaired) electrons. The fraction of sp³-hybridized carbons (Fsp3) is 0.562. The van der Waals surface area contributed by atoms with Gasteiger partial charge in [0.05, 0.1) is 11.6 Å². The van der Waals surface area contributed by atoms with Crippen LogP contribution in [0.4, 0.5) is 4.39 Å². The summed E-state index contributed by atoms with van der Waals surface area (Å²) in [5.74, 6) is -0.121. The molecule has 0 saturated carbocycles. The van der Waals surface area contributed by atoms with Crippen LogP contribution in [0.25, 0.3) is 0 Å². The van der Waals surface area contributed by atoms with Crippen molar-refractivity contribution in [1.82, 2.24) is 4.90 Å². The van der Waals surface area contributed by atoms with Gasteiger partial charge in [-0.25, -0.2) is 4.39 Å². The summed E-state index contributed by atoms with van der Waals surface area (Å²) in [5, 5.41) is 10.5. The lowest BCUT2D eigenvalue weighted by Gasteiger charge is -2.50. The van der Waals surface area contributed by atoms with E-state index >= 15 is 0 Å². The lowest BCUT2D eigenvalue weighted by Crippen LogP contribution is -2.54. The number of rotatable bonds is 1. The van der Waals surface area contributed by atoms with Gasteiger partial charge in [0, 0.05) is 18.9 Å². The molecule has 108 valence electrons. The standard InChI is InChI=1S/C16H20FNO2/c1-16(20)9-13-3-2-4-15(19)18(13)14(10-16)11-5-7-12(17)8-6-11/h5-8,13-14,20H,2-4,9-10H2,1H3. The van der Waals surface area contributed by atoms with Crippen molar-refractivity contribution in [1.29, 1.82) is 0 Å². The minimum absolute atomic E-state index is 0.107. The highest BCUT2D eigenvalue weighted by Crippen LogP contribution is 2.43. The van der Waals surface area contributed by atoms with Gasteiger partial charge in [0.25, 0.3) is 0 Å². The van der Waals surface area contributed by atoms with Crippen molar-refractivity contribution in [3.63, 3.8) is 0 Å². The first-order chi connectivity index (χ1) is 9.46. The van der Waals surface area contributed by atoms with Crippen LogP contribution >= 0.6 is 0 Å². The molecule has 3 rings (SSSR count). The number of carbonyl (C=O) groups is 1. The van der Waals surface area contributed by atoms with Crippen molar-refractivity contribution in [2.24, 2.45) is 0 Å². The van der Waals surface area contributed by atoms with E-state index in [1.807, 2.05) is 11.8 Å². The van der Waals surface area contributed by atoms with Gasteiger partial charge in [0.1, 0.15) is 5.82 Å². The van der Waals surface area contributed by atoms with Crippen LogP contribution in [0, 0.1) is 5.82 Å². The Balaban J connectivity index is 1.96. The van der Waals surface area contributed by atoms with E-state index < -0.39 is 5.60 Å². The number of hydrogen-bond donors (Lipinski definition) is 1. The maximum atomic E-state index is 13.1. The van der Waals surface area contributed by atoms with Gasteiger partial charge in [-0.2, -0.15) is 0 Å². The quantitative estimate of drug-likeness (QED) is 0.857. The Kier molecular flexibility index (Phi) is 3.28. The van der Waals surface area contributed by atoms with Crippen molar-refractivity contribution in [3.05, 3.63) is 35.6 Å². The van der Waals surface area contributed by atoms with Gasteiger partial charge in [-0.3, -0.25) is 4.79 Å². The monoisotopic (exact) mass is 277 g/mol. The van der Waals surface area contributed by atoms with E-state index in [2.05, 4.69) is 0 Å². The van der Waals surface area contributed by atoms with Crippen LogP contribution in [-0.2, 0) is 4.79 Å². The molecule has 2 fully saturated rings. The number of hydrogen-bond acceptors (Lipinski definition) is 2. The predicted molar refractivity (Wildman–Crippen MR) is 73.5 cm³/mol. The number of fused-ring (bicyclic) bond motifs is 1. The second kappa shape index (κ2) is 4.85. The summed E-state index contributed by atoms with van der Waals surface area (Å²) in [5.41, 5.74) is 0.143. The molecule has 3 atom stereocenters. The number of amides is 1. The van der Waals surface area contributed by atoms with Gasteiger partial charge in [0.2, 0.25) is 5.91 Å². The van der Waals surface area contributed by atoms with Gasteiger partial charge in [-0.15, -0.1) is 0 Å². The summed E-state index contributed by atoms with van der Waals surface area (Å²) in [6.45, 7) is 1.83. The average molecular weight is 277 g/mol. The third-order valence-corrected chi connectivity index (χ3v) is 4.51. The first-order valence-corrected chi connectivity index (χ1v) is 7.25. The smallest absolute Gasteiger partial charge is 0.223 e. The van der Waals surface area contributed by atoms with Crippen molar-refractivity contribution in [3.8, 4) is 0 Å². The lowest BCUT2D eigenvalue weighted by molar-refractivity contribution is -0.150. The number of carbonyl (C=O) groups excluding carboxylic acids is 1. The SMILES string of the molecule is CC1(O)CC2CCCC(=O)N2C(c2ccc(F)cc2)C1. The van der Waals surface area contributed by atoms with Crippen LogP contribution in [-0.4, -0.2) is 27.6 Å². The highest BCUT2D eigenvalue weighted by molar-refractivity contribution is 5.78. The van der Waals surface area contributed by atoms with E-state index in [-0.39, 0.29) is 23.8 Å². The van der Waals surface area contributed by atoms with Gasteiger partial charge >= 0.3 is 0 Å². The first kappa shape index (κ1) is 13.6. The Bertz CT molecular complexity index is 512. The van der Waals surface area contributed by atoms with Crippen LogP contribution in [0.2, 0.25) is 0 Å². The molecule has 2 heterocycles. The van der Waals surface area contributed by atoms with E-state index in [0.717, 1.165) is 18.4 Å². The Hall–Kier alpha value is -1.42. The zero-order valence-corrected chi connectivity index (χ0v) is 11.7. The molecule has 0 aromatic heterocycles. The van der Waals surface area contributed by atoms with Crippen molar-refractivity contribution >= 4 is 5.91 Å². The summed E-state index contributed by atoms with van der Waals surface area (Å²) in [6.07, 6.45) is 3.57. The van der Waals surface area contributed by atoms with E-state index in [4.69, 9.17) is 0 Å². The molecule has 0 bridgehead atoms. The Morgan fingerprint density at radius 2 is 2.00 bits per heavy atom. The number of aliphatic hydroxyl groups is 1. The first-order valence-electron chi connectivity index (χ1n) is 7.25. The molecule has 1 amide bonds. The topological polar surface area (TPSA) is 40.5 Å². The molecule has 1 aromatic rings. The maximum Gasteiger partial charge on any atom is 0.223 e. The Morgan fingerprint density at radius 3 is 2.70 bits per heavy atom. The van der Waals surface area contributed by atoms with E-state index in [0.29, 0.717) is 19.3 Å². The lowest BCUT2D eigenvalue weighted by atomic mass is 9.77. The summed E-state index contributed by atoms with van der Waals surface area (Å²) in [4.78, 5) is 14.2.